The Morgan fingerprint density at radius 2 is 1.97 bits per heavy atom. The average molecular weight is 413 g/mol. The summed E-state index contributed by atoms with van der Waals surface area (Å²) >= 11 is 0. The molecule has 0 radical (unpaired) electrons. The molecule has 0 aromatic heterocycles. The van der Waals surface area contributed by atoms with Gasteiger partial charge in [-0.25, -0.2) is 5.43 Å². The summed E-state index contributed by atoms with van der Waals surface area (Å²) in [6.07, 6.45) is 2.37. The number of benzene rings is 2. The van der Waals surface area contributed by atoms with E-state index in [0.717, 1.165) is 12.0 Å². The molecule has 158 valence electrons. The first-order valence-electron chi connectivity index (χ1n) is 9.41. The van der Waals surface area contributed by atoms with Crippen molar-refractivity contribution in [3.63, 3.8) is 0 Å². The molecule has 1 aliphatic rings. The third kappa shape index (κ3) is 5.40. The monoisotopic (exact) mass is 413 g/mol. The number of hydrazone groups is 1. The lowest BCUT2D eigenvalue weighted by Crippen LogP contribution is -2.34. The highest BCUT2D eigenvalue weighted by atomic mass is 16.7. The lowest BCUT2D eigenvalue weighted by Gasteiger charge is -2.10. The van der Waals surface area contributed by atoms with Gasteiger partial charge in [-0.1, -0.05) is 6.92 Å². The molecule has 2 aromatic carbocycles. The highest BCUT2D eigenvalue weighted by molar-refractivity contribution is 5.97. The Morgan fingerprint density at radius 1 is 1.13 bits per heavy atom. The zero-order chi connectivity index (χ0) is 21.3. The zero-order valence-corrected chi connectivity index (χ0v) is 16.8. The minimum absolute atomic E-state index is 0.126. The van der Waals surface area contributed by atoms with Crippen LogP contribution in [0.4, 0.5) is 0 Å². The van der Waals surface area contributed by atoms with Gasteiger partial charge in [-0.05, 0) is 48.4 Å². The summed E-state index contributed by atoms with van der Waals surface area (Å²) in [6, 6.07) is 10.1. The van der Waals surface area contributed by atoms with Crippen LogP contribution in [0.5, 0.6) is 23.0 Å². The van der Waals surface area contributed by atoms with E-state index < -0.39 is 11.8 Å². The van der Waals surface area contributed by atoms with Gasteiger partial charge >= 0.3 is 0 Å². The van der Waals surface area contributed by atoms with Crippen LogP contribution in [0.2, 0.25) is 0 Å². The fraction of sp³-hybridized carbons (Fsp3) is 0.286. The van der Waals surface area contributed by atoms with Crippen molar-refractivity contribution in [2.75, 3.05) is 27.1 Å². The largest absolute Gasteiger partial charge is 0.493 e. The van der Waals surface area contributed by atoms with Gasteiger partial charge in [-0.3, -0.25) is 9.59 Å². The van der Waals surface area contributed by atoms with E-state index in [2.05, 4.69) is 15.8 Å². The molecule has 2 amide bonds. The van der Waals surface area contributed by atoms with E-state index in [1.54, 1.807) is 43.5 Å². The summed E-state index contributed by atoms with van der Waals surface area (Å²) in [6.45, 7) is 2.52. The first-order valence-corrected chi connectivity index (χ1v) is 9.41. The smallest absolute Gasteiger partial charge is 0.259 e. The van der Waals surface area contributed by atoms with E-state index in [-0.39, 0.29) is 13.3 Å². The van der Waals surface area contributed by atoms with Crippen molar-refractivity contribution in [2.45, 2.75) is 13.3 Å². The summed E-state index contributed by atoms with van der Waals surface area (Å²) < 4.78 is 21.3. The van der Waals surface area contributed by atoms with Gasteiger partial charge < -0.3 is 24.3 Å². The zero-order valence-electron chi connectivity index (χ0n) is 16.8. The average Bonchev–Trinajstić information content (AvgIpc) is 3.24. The van der Waals surface area contributed by atoms with E-state index in [0.29, 0.717) is 35.2 Å². The van der Waals surface area contributed by atoms with Crippen LogP contribution in [0.1, 0.15) is 29.3 Å². The van der Waals surface area contributed by atoms with Crippen LogP contribution < -0.4 is 29.7 Å². The fourth-order valence-electron chi connectivity index (χ4n) is 2.61. The van der Waals surface area contributed by atoms with Crippen molar-refractivity contribution >= 4 is 18.0 Å². The second-order valence-corrected chi connectivity index (χ2v) is 6.30. The van der Waals surface area contributed by atoms with Crippen LogP contribution >= 0.6 is 0 Å². The maximum Gasteiger partial charge on any atom is 0.259 e. The van der Waals surface area contributed by atoms with Gasteiger partial charge in [0.25, 0.3) is 11.8 Å². The number of nitrogens with zero attached hydrogens (tertiary/aromatic N) is 1. The van der Waals surface area contributed by atoms with Crippen LogP contribution in [-0.4, -0.2) is 45.1 Å². The van der Waals surface area contributed by atoms with Crippen molar-refractivity contribution in [3.05, 3.63) is 47.5 Å². The molecule has 0 atom stereocenters. The molecule has 0 saturated carbocycles. The van der Waals surface area contributed by atoms with E-state index in [1.807, 2.05) is 6.92 Å². The number of fused-ring (bicyclic) bond motifs is 1. The number of amides is 2. The molecule has 30 heavy (non-hydrogen) atoms. The molecule has 2 N–H and O–H groups in total. The first kappa shape index (κ1) is 21.0. The normalized spacial score (nSPS) is 11.9. The van der Waals surface area contributed by atoms with E-state index >= 15 is 0 Å². The third-order valence-corrected chi connectivity index (χ3v) is 4.10. The lowest BCUT2D eigenvalue weighted by atomic mass is 10.2. The molecule has 0 unspecified atom stereocenters. The van der Waals surface area contributed by atoms with Crippen molar-refractivity contribution < 1.29 is 28.5 Å². The van der Waals surface area contributed by atoms with Crippen LogP contribution in [0.3, 0.4) is 0 Å². The van der Waals surface area contributed by atoms with Crippen LogP contribution in [0.15, 0.2) is 41.5 Å². The lowest BCUT2D eigenvalue weighted by molar-refractivity contribution is -0.120. The Bertz CT molecular complexity index is 944. The predicted octanol–water partition coefficient (Wildman–Crippen LogP) is 2.09. The van der Waals surface area contributed by atoms with Gasteiger partial charge in [0.15, 0.2) is 23.0 Å². The van der Waals surface area contributed by atoms with E-state index in [9.17, 15) is 9.59 Å². The summed E-state index contributed by atoms with van der Waals surface area (Å²) in [5, 5.41) is 6.42. The van der Waals surface area contributed by atoms with Gasteiger partial charge in [0, 0.05) is 5.56 Å². The molecule has 0 fully saturated rings. The molecule has 1 aliphatic heterocycles. The van der Waals surface area contributed by atoms with Crippen LogP contribution in [0.25, 0.3) is 0 Å². The number of methoxy groups -OCH3 is 1. The SMILES string of the molecule is CCCOc1ccc(/C=N\NC(=O)CNC(=O)c2ccc3c(c2)OCO3)cc1OC. The first-order chi connectivity index (χ1) is 14.6. The molecule has 0 spiro atoms. The summed E-state index contributed by atoms with van der Waals surface area (Å²) in [7, 11) is 1.56. The number of carbonyl (C=O) groups excluding carboxylic acids is 2. The molecule has 9 nitrogen and oxygen atoms in total. The second-order valence-electron chi connectivity index (χ2n) is 6.30. The highest BCUT2D eigenvalue weighted by Gasteiger charge is 2.16. The molecule has 0 saturated heterocycles. The fourth-order valence-corrected chi connectivity index (χ4v) is 2.61. The topological polar surface area (TPSA) is 107 Å². The molecule has 3 rings (SSSR count). The number of rotatable bonds is 9. The minimum atomic E-state index is -0.463. The Kier molecular flexibility index (Phi) is 7.09. The quantitative estimate of drug-likeness (QED) is 0.482. The minimum Gasteiger partial charge on any atom is -0.493 e. The third-order valence-electron chi connectivity index (χ3n) is 4.10. The second kappa shape index (κ2) is 10.1. The van der Waals surface area contributed by atoms with Crippen LogP contribution in [0, 0.1) is 0 Å². The molecule has 0 bridgehead atoms. The number of ether oxygens (including phenoxy) is 4. The molecule has 9 heteroatoms. The van der Waals surface area contributed by atoms with E-state index in [1.165, 1.54) is 6.21 Å². The van der Waals surface area contributed by atoms with E-state index in [4.69, 9.17) is 18.9 Å². The summed E-state index contributed by atoms with van der Waals surface area (Å²) in [4.78, 5) is 24.1. The van der Waals surface area contributed by atoms with Crippen molar-refractivity contribution in [2.24, 2.45) is 5.10 Å². The maximum absolute atomic E-state index is 12.2. The van der Waals surface area contributed by atoms with Crippen molar-refractivity contribution in [1.29, 1.82) is 0 Å². The number of nitrogens with one attached hydrogen (secondary N) is 2. The molecule has 1 heterocycles. The van der Waals surface area contributed by atoms with Gasteiger partial charge in [-0.2, -0.15) is 5.10 Å². The molecular formula is C21H23N3O6. The number of carbonyl (C=O) groups is 2. The Hall–Kier alpha value is -3.75. The van der Waals surface area contributed by atoms with Crippen molar-refractivity contribution in [1.82, 2.24) is 10.7 Å². The Balaban J connectivity index is 1.48. The van der Waals surface area contributed by atoms with Gasteiger partial charge in [0.2, 0.25) is 6.79 Å². The molecular weight excluding hydrogens is 390 g/mol. The molecule has 2 aromatic rings. The van der Waals surface area contributed by atoms with Gasteiger partial charge in [0.1, 0.15) is 0 Å². The highest BCUT2D eigenvalue weighted by Crippen LogP contribution is 2.32. The Morgan fingerprint density at radius 3 is 2.77 bits per heavy atom. The van der Waals surface area contributed by atoms with Crippen LogP contribution in [-0.2, 0) is 4.79 Å². The van der Waals surface area contributed by atoms with Crippen molar-refractivity contribution in [3.8, 4) is 23.0 Å². The Labute approximate surface area is 174 Å². The summed E-state index contributed by atoms with van der Waals surface area (Å²) in [5.41, 5.74) is 3.46. The number of hydrogen-bond donors (Lipinski definition) is 2. The predicted molar refractivity (Wildman–Crippen MR) is 109 cm³/mol. The van der Waals surface area contributed by atoms with Gasteiger partial charge in [0.05, 0.1) is 26.5 Å². The maximum atomic E-state index is 12.2. The number of hydrogen-bond acceptors (Lipinski definition) is 7. The van der Waals surface area contributed by atoms with Gasteiger partial charge in [-0.15, -0.1) is 0 Å². The summed E-state index contributed by atoms with van der Waals surface area (Å²) in [5.74, 6) is 1.44. The standard InChI is InChI=1S/C21H23N3O6/c1-3-8-28-16-6-4-14(9-18(16)27-2)11-23-24-20(25)12-22-21(26)15-5-7-17-19(10-15)30-13-29-17/h4-7,9-11H,3,8,12-13H2,1-2H3,(H,22,26)(H,24,25)/b23-11-. The molecule has 0 aliphatic carbocycles.